The molecule has 0 atom stereocenters. The van der Waals surface area contributed by atoms with E-state index < -0.39 is 34.5 Å². The van der Waals surface area contributed by atoms with Crippen molar-refractivity contribution < 1.29 is 50.8 Å². The smallest absolute Gasteiger partial charge is 0.450 e. The Bertz CT molecular complexity index is 1700. The molecular weight excluding hydrogens is 561 g/mol. The summed E-state index contributed by atoms with van der Waals surface area (Å²) in [6, 6.07) is 10.7. The summed E-state index contributed by atoms with van der Waals surface area (Å²) in [5, 5.41) is -0.152. The van der Waals surface area contributed by atoms with Gasteiger partial charge in [0.2, 0.25) is 16.9 Å². The lowest BCUT2D eigenvalue weighted by molar-refractivity contribution is -0.152. The van der Waals surface area contributed by atoms with Crippen LogP contribution < -0.4 is 33.8 Å². The Morgan fingerprint density at radius 1 is 0.786 bits per heavy atom. The van der Waals surface area contributed by atoms with E-state index in [1.807, 2.05) is 0 Å². The van der Waals surface area contributed by atoms with E-state index >= 15 is 0 Å². The van der Waals surface area contributed by atoms with Gasteiger partial charge in [0, 0.05) is 12.1 Å². The third-order valence-corrected chi connectivity index (χ3v) is 6.11. The molecule has 0 aliphatic heterocycles. The minimum absolute atomic E-state index is 0.0805. The van der Waals surface area contributed by atoms with E-state index in [4.69, 9.17) is 32.8 Å². The Morgan fingerprint density at radius 2 is 1.43 bits per heavy atom. The summed E-state index contributed by atoms with van der Waals surface area (Å²) >= 11 is 0. The van der Waals surface area contributed by atoms with E-state index in [2.05, 4.69) is 0 Å². The zero-order valence-corrected chi connectivity index (χ0v) is 23.1. The highest BCUT2D eigenvalue weighted by molar-refractivity contribution is 5.90. The van der Waals surface area contributed by atoms with Gasteiger partial charge in [0.15, 0.2) is 23.0 Å². The maximum atomic E-state index is 14.1. The van der Waals surface area contributed by atoms with Crippen molar-refractivity contribution in [1.29, 1.82) is 0 Å². The highest BCUT2D eigenvalue weighted by atomic mass is 19.4. The second-order valence-corrected chi connectivity index (χ2v) is 8.57. The predicted molar refractivity (Wildman–Crippen MR) is 147 cm³/mol. The number of carbonyl (C=O) groups is 1. The summed E-state index contributed by atoms with van der Waals surface area (Å²) in [6.07, 6.45) is -2.50. The molecule has 42 heavy (non-hydrogen) atoms. The molecule has 1 aromatic heterocycles. The molecule has 0 radical (unpaired) electrons. The summed E-state index contributed by atoms with van der Waals surface area (Å²) < 4.78 is 78.9. The molecule has 0 aliphatic rings. The largest absolute Gasteiger partial charge is 0.493 e. The quantitative estimate of drug-likeness (QED) is 0.130. The number of methoxy groups -OCH3 is 5. The molecule has 0 spiro atoms. The maximum Gasteiger partial charge on any atom is 0.450 e. The highest BCUT2D eigenvalue weighted by Crippen LogP contribution is 2.41. The van der Waals surface area contributed by atoms with E-state index in [1.54, 1.807) is 12.1 Å². The molecule has 0 saturated heterocycles. The van der Waals surface area contributed by atoms with Gasteiger partial charge >= 0.3 is 12.1 Å². The summed E-state index contributed by atoms with van der Waals surface area (Å²) in [5.41, 5.74) is -1.62. The Kier molecular flexibility index (Phi) is 8.65. The third-order valence-electron chi connectivity index (χ3n) is 6.11. The molecule has 9 nitrogen and oxygen atoms in total. The van der Waals surface area contributed by atoms with Gasteiger partial charge in [-0.15, -0.1) is 0 Å². The van der Waals surface area contributed by atoms with E-state index in [1.165, 1.54) is 72.0 Å². The molecule has 0 fully saturated rings. The number of benzene rings is 3. The molecule has 0 unspecified atom stereocenters. The van der Waals surface area contributed by atoms with Gasteiger partial charge in [-0.1, -0.05) is 6.07 Å². The average molecular weight is 587 g/mol. The van der Waals surface area contributed by atoms with Crippen LogP contribution in [0.15, 0.2) is 63.8 Å². The number of esters is 1. The minimum atomic E-state index is -5.02. The van der Waals surface area contributed by atoms with Gasteiger partial charge < -0.3 is 32.8 Å². The SMILES string of the molecule is COc1ccc(-c2c(C(F)(F)F)oc3cc(OC(=O)C=Cc4cc(OC)c(OC)c(OC)c4)ccc3c2=O)cc1OC. The number of hydrogen-bond acceptors (Lipinski definition) is 9. The van der Waals surface area contributed by atoms with Crippen LogP contribution >= 0.6 is 0 Å². The van der Waals surface area contributed by atoms with E-state index in [9.17, 15) is 22.8 Å². The van der Waals surface area contributed by atoms with Crippen molar-refractivity contribution in [3.05, 3.63) is 76.2 Å². The normalized spacial score (nSPS) is 11.4. The Labute approximate surface area is 237 Å². The lowest BCUT2D eigenvalue weighted by Crippen LogP contribution is -2.16. The molecular formula is C30H25F3O9. The van der Waals surface area contributed by atoms with Gasteiger partial charge in [-0.05, 0) is 53.6 Å². The molecule has 0 saturated carbocycles. The topological polar surface area (TPSA) is 103 Å². The molecule has 1 heterocycles. The molecule has 0 N–H and O–H groups in total. The average Bonchev–Trinajstić information content (AvgIpc) is 2.98. The van der Waals surface area contributed by atoms with Gasteiger partial charge in [0.25, 0.3) is 0 Å². The lowest BCUT2D eigenvalue weighted by Gasteiger charge is -2.14. The second kappa shape index (κ2) is 12.2. The van der Waals surface area contributed by atoms with E-state index in [-0.39, 0.29) is 28.2 Å². The van der Waals surface area contributed by atoms with Crippen LogP contribution in [0.25, 0.3) is 28.2 Å². The van der Waals surface area contributed by atoms with Gasteiger partial charge in [-0.25, -0.2) is 4.79 Å². The van der Waals surface area contributed by atoms with Crippen molar-refractivity contribution in [2.45, 2.75) is 6.18 Å². The van der Waals surface area contributed by atoms with E-state index in [0.29, 0.717) is 22.8 Å². The summed E-state index contributed by atoms with van der Waals surface area (Å²) in [6.45, 7) is 0. The van der Waals surface area contributed by atoms with Crippen LogP contribution in [0.3, 0.4) is 0 Å². The predicted octanol–water partition coefficient (Wildman–Crippen LogP) is 6.14. The molecule has 4 rings (SSSR count). The van der Waals surface area contributed by atoms with Crippen LogP contribution in [0.1, 0.15) is 11.3 Å². The Hall–Kier alpha value is -5.13. The van der Waals surface area contributed by atoms with Crippen molar-refractivity contribution in [2.24, 2.45) is 0 Å². The standard InChI is InChI=1S/C30H25F3O9/c1-36-20-10-7-17(14-22(20)37-2)26-27(35)19-9-8-18(15-21(19)42-29(26)30(31,32)33)41-25(34)11-6-16-12-23(38-3)28(40-5)24(13-16)39-4/h6-15H,1-5H3. The van der Waals surface area contributed by atoms with Gasteiger partial charge in [-0.3, -0.25) is 4.79 Å². The molecule has 3 aromatic carbocycles. The number of alkyl halides is 3. The molecule has 0 bridgehead atoms. The minimum Gasteiger partial charge on any atom is -0.493 e. The lowest BCUT2D eigenvalue weighted by atomic mass is 10.0. The van der Waals surface area contributed by atoms with Gasteiger partial charge in [-0.2, -0.15) is 13.2 Å². The molecule has 12 heteroatoms. The fraction of sp³-hybridized carbons (Fsp3) is 0.200. The van der Waals surface area contributed by atoms with Crippen LogP contribution in [-0.2, 0) is 11.0 Å². The van der Waals surface area contributed by atoms with Crippen LogP contribution in [0.2, 0.25) is 0 Å². The Balaban J connectivity index is 1.69. The number of rotatable bonds is 9. The number of carbonyl (C=O) groups excluding carboxylic acids is 1. The first-order chi connectivity index (χ1) is 20.0. The monoisotopic (exact) mass is 586 g/mol. The van der Waals surface area contributed by atoms with Gasteiger partial charge in [0.05, 0.1) is 46.5 Å². The summed E-state index contributed by atoms with van der Waals surface area (Å²) in [4.78, 5) is 25.8. The van der Waals surface area contributed by atoms with Crippen LogP contribution in [0.4, 0.5) is 13.2 Å². The van der Waals surface area contributed by atoms with Crippen molar-refractivity contribution in [2.75, 3.05) is 35.5 Å². The summed E-state index contributed by atoms with van der Waals surface area (Å²) in [5.74, 6) is -1.01. The van der Waals surface area contributed by atoms with Gasteiger partial charge in [0.1, 0.15) is 11.3 Å². The third kappa shape index (κ3) is 5.97. The number of halogens is 3. The molecule has 0 aliphatic carbocycles. The first kappa shape index (κ1) is 29.8. The van der Waals surface area contributed by atoms with Crippen LogP contribution in [-0.4, -0.2) is 41.5 Å². The molecule has 4 aromatic rings. The number of hydrogen-bond donors (Lipinski definition) is 0. The zero-order chi connectivity index (χ0) is 30.6. The van der Waals surface area contributed by atoms with Crippen LogP contribution in [0.5, 0.6) is 34.5 Å². The number of ether oxygens (including phenoxy) is 6. The zero-order valence-electron chi connectivity index (χ0n) is 23.1. The first-order valence-electron chi connectivity index (χ1n) is 12.1. The molecule has 220 valence electrons. The first-order valence-corrected chi connectivity index (χ1v) is 12.1. The van der Waals surface area contributed by atoms with Crippen molar-refractivity contribution in [3.8, 4) is 45.6 Å². The second-order valence-electron chi connectivity index (χ2n) is 8.57. The fourth-order valence-corrected chi connectivity index (χ4v) is 4.20. The fourth-order valence-electron chi connectivity index (χ4n) is 4.20. The Morgan fingerprint density at radius 3 is 2.00 bits per heavy atom. The van der Waals surface area contributed by atoms with E-state index in [0.717, 1.165) is 12.1 Å². The van der Waals surface area contributed by atoms with Crippen molar-refractivity contribution in [3.63, 3.8) is 0 Å². The summed E-state index contributed by atoms with van der Waals surface area (Å²) in [7, 11) is 7.03. The maximum absolute atomic E-state index is 14.1. The van der Waals surface area contributed by atoms with Crippen LogP contribution in [0, 0.1) is 0 Å². The number of fused-ring (bicyclic) bond motifs is 1. The highest BCUT2D eigenvalue weighted by Gasteiger charge is 2.39. The van der Waals surface area contributed by atoms with Crippen molar-refractivity contribution >= 4 is 23.0 Å². The molecule has 0 amide bonds. The van der Waals surface area contributed by atoms with Crippen molar-refractivity contribution in [1.82, 2.24) is 0 Å².